The van der Waals surface area contributed by atoms with Gasteiger partial charge in [-0.25, -0.2) is 0 Å². The molecule has 0 atom stereocenters. The monoisotopic (exact) mass is 455 g/mol. The smallest absolute Gasteiger partial charge is 0.0726 e. The van der Waals surface area contributed by atoms with Crippen LogP contribution in [0.4, 0.5) is 0 Å². The first-order chi connectivity index (χ1) is 17.9. The van der Waals surface area contributed by atoms with Gasteiger partial charge in [0.25, 0.3) is 0 Å². The predicted molar refractivity (Wildman–Crippen MR) is 150 cm³/mol. The Bertz CT molecular complexity index is 2000. The minimum atomic E-state index is -0.359. The molecule has 0 fully saturated rings. The predicted octanol–water partition coefficient (Wildman–Crippen LogP) is 8.82. The van der Waals surface area contributed by atoms with E-state index in [2.05, 4.69) is 126 Å². The second-order valence-corrected chi connectivity index (χ2v) is 10.2. The van der Waals surface area contributed by atoms with E-state index in [1.807, 2.05) is 0 Å². The summed E-state index contributed by atoms with van der Waals surface area (Å²) in [5, 5.41) is 5.24. The van der Waals surface area contributed by atoms with Crippen molar-refractivity contribution in [3.05, 3.63) is 144 Å². The zero-order chi connectivity index (χ0) is 23.4. The van der Waals surface area contributed by atoms with E-state index in [4.69, 9.17) is 0 Å². The summed E-state index contributed by atoms with van der Waals surface area (Å²) >= 11 is 0. The SMILES string of the molecule is c1ccc2c(c1)-c1ccccc1C21c2cc3[nH]c4ccccc4c3cc2-c2cccc3cccc1c23. The third kappa shape index (κ3) is 2.01. The Kier molecular flexibility index (Phi) is 3.28. The second kappa shape index (κ2) is 6.33. The zero-order valence-corrected chi connectivity index (χ0v) is 19.5. The van der Waals surface area contributed by atoms with Crippen LogP contribution in [0.25, 0.3) is 54.8 Å². The second-order valence-electron chi connectivity index (χ2n) is 10.2. The Morgan fingerprint density at radius 3 is 1.86 bits per heavy atom. The van der Waals surface area contributed by atoms with E-state index in [-0.39, 0.29) is 5.41 Å². The molecule has 1 heteroatoms. The Morgan fingerprint density at radius 2 is 1.06 bits per heavy atom. The molecule has 9 rings (SSSR count). The number of hydrogen-bond donors (Lipinski definition) is 1. The number of hydrogen-bond acceptors (Lipinski definition) is 0. The van der Waals surface area contributed by atoms with Gasteiger partial charge in [0.05, 0.1) is 5.41 Å². The van der Waals surface area contributed by atoms with E-state index in [9.17, 15) is 0 Å². The van der Waals surface area contributed by atoms with Crippen molar-refractivity contribution in [2.45, 2.75) is 5.41 Å². The van der Waals surface area contributed by atoms with Crippen molar-refractivity contribution in [1.29, 1.82) is 0 Å². The van der Waals surface area contributed by atoms with Crippen LogP contribution in [0.1, 0.15) is 22.3 Å². The van der Waals surface area contributed by atoms with Crippen molar-refractivity contribution in [1.82, 2.24) is 4.98 Å². The summed E-state index contributed by atoms with van der Waals surface area (Å²) in [7, 11) is 0. The molecular formula is C35H21N. The van der Waals surface area contributed by atoms with E-state index >= 15 is 0 Å². The maximum atomic E-state index is 3.73. The number of H-pyrrole nitrogens is 1. The minimum absolute atomic E-state index is 0.359. The van der Waals surface area contributed by atoms with Gasteiger partial charge in [-0.1, -0.05) is 103 Å². The van der Waals surface area contributed by atoms with Crippen molar-refractivity contribution in [3.63, 3.8) is 0 Å². The number of fused-ring (bicyclic) bond motifs is 12. The molecule has 2 aliphatic rings. The number of aromatic nitrogens is 1. The van der Waals surface area contributed by atoms with Gasteiger partial charge in [-0.2, -0.15) is 0 Å². The van der Waals surface area contributed by atoms with Gasteiger partial charge in [0.2, 0.25) is 0 Å². The summed E-state index contributed by atoms with van der Waals surface area (Å²) in [5.74, 6) is 0. The molecule has 166 valence electrons. The lowest BCUT2D eigenvalue weighted by atomic mass is 9.61. The highest BCUT2D eigenvalue weighted by atomic mass is 14.7. The van der Waals surface area contributed by atoms with E-state index in [1.54, 1.807) is 0 Å². The lowest BCUT2D eigenvalue weighted by Gasteiger charge is -2.40. The first kappa shape index (κ1) is 18.7. The van der Waals surface area contributed by atoms with Crippen LogP contribution in [0.15, 0.2) is 121 Å². The van der Waals surface area contributed by atoms with Crippen molar-refractivity contribution in [2.24, 2.45) is 0 Å². The lowest BCUT2D eigenvalue weighted by molar-refractivity contribution is 0.775. The highest BCUT2D eigenvalue weighted by Crippen LogP contribution is 2.62. The largest absolute Gasteiger partial charge is 0.355 e. The fourth-order valence-corrected chi connectivity index (χ4v) is 7.27. The summed E-state index contributed by atoms with van der Waals surface area (Å²) < 4.78 is 0. The Hall–Kier alpha value is -4.62. The Morgan fingerprint density at radius 1 is 0.417 bits per heavy atom. The molecule has 0 bridgehead atoms. The van der Waals surface area contributed by atoms with Crippen LogP contribution in [0.2, 0.25) is 0 Å². The lowest BCUT2D eigenvalue weighted by Crippen LogP contribution is -2.31. The average molecular weight is 456 g/mol. The highest BCUT2D eigenvalue weighted by molar-refractivity contribution is 6.13. The van der Waals surface area contributed by atoms with E-state index in [1.165, 1.54) is 77.1 Å². The molecule has 7 aromatic rings. The third-order valence-electron chi connectivity index (χ3n) is 8.60. The van der Waals surface area contributed by atoms with Crippen molar-refractivity contribution >= 4 is 32.6 Å². The van der Waals surface area contributed by atoms with Crippen molar-refractivity contribution < 1.29 is 0 Å². The molecule has 0 radical (unpaired) electrons. The molecule has 1 spiro atoms. The van der Waals surface area contributed by atoms with Gasteiger partial charge in [-0.3, -0.25) is 0 Å². The van der Waals surface area contributed by atoms with Crippen molar-refractivity contribution in [3.8, 4) is 22.3 Å². The Balaban J connectivity index is 1.57. The van der Waals surface area contributed by atoms with Gasteiger partial charge >= 0.3 is 0 Å². The summed E-state index contributed by atoms with van der Waals surface area (Å²) in [6.45, 7) is 0. The molecule has 0 unspecified atom stereocenters. The van der Waals surface area contributed by atoms with Gasteiger partial charge in [-0.05, 0) is 73.5 Å². The molecule has 1 N–H and O–H groups in total. The molecule has 1 aromatic heterocycles. The van der Waals surface area contributed by atoms with Crippen LogP contribution in [0.3, 0.4) is 0 Å². The van der Waals surface area contributed by atoms with Gasteiger partial charge in [0.1, 0.15) is 0 Å². The van der Waals surface area contributed by atoms with Gasteiger partial charge in [0, 0.05) is 21.8 Å². The number of nitrogens with one attached hydrogen (secondary N) is 1. The molecule has 1 nitrogen and oxygen atoms in total. The molecule has 36 heavy (non-hydrogen) atoms. The summed E-state index contributed by atoms with van der Waals surface area (Å²) in [5.41, 5.74) is 12.9. The molecule has 0 saturated carbocycles. The van der Waals surface area contributed by atoms with Gasteiger partial charge < -0.3 is 4.98 Å². The average Bonchev–Trinajstić information content (AvgIpc) is 3.45. The zero-order valence-electron chi connectivity index (χ0n) is 19.5. The molecule has 0 aliphatic heterocycles. The highest BCUT2D eigenvalue weighted by Gasteiger charge is 2.50. The number of aromatic amines is 1. The minimum Gasteiger partial charge on any atom is -0.355 e. The van der Waals surface area contributed by atoms with E-state index in [0.29, 0.717) is 0 Å². The summed E-state index contributed by atoms with van der Waals surface area (Å²) in [6.07, 6.45) is 0. The van der Waals surface area contributed by atoms with E-state index in [0.717, 1.165) is 0 Å². The normalized spacial score (nSPS) is 14.3. The quantitative estimate of drug-likeness (QED) is 0.235. The fourth-order valence-electron chi connectivity index (χ4n) is 7.27. The number of rotatable bonds is 0. The van der Waals surface area contributed by atoms with E-state index < -0.39 is 0 Å². The van der Waals surface area contributed by atoms with Gasteiger partial charge in [-0.15, -0.1) is 0 Å². The molecule has 0 amide bonds. The number of para-hydroxylation sites is 1. The third-order valence-corrected chi connectivity index (χ3v) is 8.60. The van der Waals surface area contributed by atoms with Crippen LogP contribution in [-0.4, -0.2) is 4.98 Å². The topological polar surface area (TPSA) is 15.8 Å². The standard InChI is InChI=1S/C35H21N/c1-4-15-28-22(11-1)23-12-2-5-16-29(23)35(28)30-17-8-10-21-9-7-14-25(34(21)30)26-19-27-24-13-3-6-18-32(24)36-33(27)20-31(26)35/h1-20,36H. The molecule has 1 heterocycles. The first-order valence-electron chi connectivity index (χ1n) is 12.6. The summed E-state index contributed by atoms with van der Waals surface area (Å²) in [4.78, 5) is 3.73. The van der Waals surface area contributed by atoms with Crippen molar-refractivity contribution in [2.75, 3.05) is 0 Å². The molecule has 6 aromatic carbocycles. The Labute approximate surface area is 208 Å². The maximum absolute atomic E-state index is 3.73. The fraction of sp³-hybridized carbons (Fsp3) is 0.0286. The number of benzene rings is 6. The first-order valence-corrected chi connectivity index (χ1v) is 12.6. The molecule has 0 saturated heterocycles. The summed E-state index contributed by atoms with van der Waals surface area (Å²) in [6, 6.07) is 45.2. The van der Waals surface area contributed by atoms with Crippen LogP contribution < -0.4 is 0 Å². The van der Waals surface area contributed by atoms with Gasteiger partial charge in [0.15, 0.2) is 0 Å². The van der Waals surface area contributed by atoms with Crippen LogP contribution >= 0.6 is 0 Å². The molecular weight excluding hydrogens is 434 g/mol. The van der Waals surface area contributed by atoms with Crippen LogP contribution in [0, 0.1) is 0 Å². The molecule has 2 aliphatic carbocycles. The van der Waals surface area contributed by atoms with Crippen LogP contribution in [-0.2, 0) is 5.41 Å². The maximum Gasteiger partial charge on any atom is 0.0726 e. The van der Waals surface area contributed by atoms with Crippen LogP contribution in [0.5, 0.6) is 0 Å².